The maximum Gasteiger partial charge on any atom is 0.263 e. The van der Waals surface area contributed by atoms with Gasteiger partial charge in [-0.25, -0.2) is 4.98 Å². The van der Waals surface area contributed by atoms with E-state index in [2.05, 4.69) is 15.4 Å². The van der Waals surface area contributed by atoms with Crippen LogP contribution in [0.15, 0.2) is 79.0 Å². The van der Waals surface area contributed by atoms with Gasteiger partial charge in [0.2, 0.25) is 0 Å². The minimum Gasteiger partial charge on any atom is -0.497 e. The molecule has 7 nitrogen and oxygen atoms in total. The standard InChI is InChI=1S/C23H19ClN4O3/c1-30-18-9-5-16(6-10-18)20-14-22(28(27-20)21-4-2-3-13-25-21)26-23(29)15-31-19-11-7-17(24)8-12-19/h2-14H,15H2,1H3,(H,26,29). The SMILES string of the molecule is COc1ccc(-c2cc(NC(=O)COc3ccc(Cl)cc3)n(-c3ccccn3)n2)cc1. The molecule has 31 heavy (non-hydrogen) atoms. The summed E-state index contributed by atoms with van der Waals surface area (Å²) in [6.45, 7) is -0.160. The highest BCUT2D eigenvalue weighted by atomic mass is 35.5. The lowest BCUT2D eigenvalue weighted by Gasteiger charge is -2.09. The number of aromatic nitrogens is 3. The van der Waals surface area contributed by atoms with Crippen molar-refractivity contribution in [3.8, 4) is 28.6 Å². The van der Waals surface area contributed by atoms with E-state index in [1.165, 1.54) is 0 Å². The van der Waals surface area contributed by atoms with Crippen LogP contribution in [-0.2, 0) is 4.79 Å². The zero-order chi connectivity index (χ0) is 21.6. The van der Waals surface area contributed by atoms with Crippen molar-refractivity contribution in [2.24, 2.45) is 0 Å². The summed E-state index contributed by atoms with van der Waals surface area (Å²) < 4.78 is 12.3. The first-order valence-corrected chi connectivity index (χ1v) is 9.84. The molecule has 4 rings (SSSR count). The fourth-order valence-electron chi connectivity index (χ4n) is 2.89. The van der Waals surface area contributed by atoms with Crippen LogP contribution in [0.4, 0.5) is 5.82 Å². The Balaban J connectivity index is 1.56. The Kier molecular flexibility index (Phi) is 6.14. The van der Waals surface area contributed by atoms with E-state index in [1.807, 2.05) is 42.5 Å². The molecule has 0 aliphatic carbocycles. The van der Waals surface area contributed by atoms with E-state index < -0.39 is 0 Å². The number of nitrogens with one attached hydrogen (secondary N) is 1. The molecule has 156 valence electrons. The predicted molar refractivity (Wildman–Crippen MR) is 119 cm³/mol. The number of pyridine rings is 1. The highest BCUT2D eigenvalue weighted by molar-refractivity contribution is 6.30. The molecule has 0 saturated heterocycles. The summed E-state index contributed by atoms with van der Waals surface area (Å²) in [5.41, 5.74) is 1.56. The molecule has 0 aliphatic rings. The summed E-state index contributed by atoms with van der Waals surface area (Å²) in [5.74, 6) is 2.04. The number of amides is 1. The van der Waals surface area contributed by atoms with Crippen LogP contribution in [0.3, 0.4) is 0 Å². The number of halogens is 1. The van der Waals surface area contributed by atoms with E-state index in [1.54, 1.807) is 48.3 Å². The molecular formula is C23H19ClN4O3. The molecule has 0 fully saturated rings. The van der Waals surface area contributed by atoms with Gasteiger partial charge in [-0.05, 0) is 60.7 Å². The Hall–Kier alpha value is -3.84. The van der Waals surface area contributed by atoms with Crippen LogP contribution in [0.2, 0.25) is 5.02 Å². The van der Waals surface area contributed by atoms with Crippen LogP contribution in [-0.4, -0.2) is 34.4 Å². The highest BCUT2D eigenvalue weighted by Gasteiger charge is 2.15. The average Bonchev–Trinajstić information content (AvgIpc) is 3.23. The molecule has 2 aromatic heterocycles. The normalized spacial score (nSPS) is 10.5. The Morgan fingerprint density at radius 2 is 1.77 bits per heavy atom. The summed E-state index contributed by atoms with van der Waals surface area (Å²) in [6.07, 6.45) is 1.67. The number of nitrogens with zero attached hydrogens (tertiary/aromatic N) is 3. The molecule has 0 spiro atoms. The van der Waals surface area contributed by atoms with Gasteiger partial charge in [-0.2, -0.15) is 9.78 Å². The molecule has 0 atom stereocenters. The fourth-order valence-corrected chi connectivity index (χ4v) is 3.01. The number of carbonyl (C=O) groups is 1. The van der Waals surface area contributed by atoms with E-state index in [9.17, 15) is 4.79 Å². The number of carbonyl (C=O) groups excluding carboxylic acids is 1. The zero-order valence-electron chi connectivity index (χ0n) is 16.7. The van der Waals surface area contributed by atoms with Crippen LogP contribution in [0.1, 0.15) is 0 Å². The number of hydrogen-bond acceptors (Lipinski definition) is 5. The minimum absolute atomic E-state index is 0.160. The summed E-state index contributed by atoms with van der Waals surface area (Å²) >= 11 is 5.87. The molecule has 2 heterocycles. The van der Waals surface area contributed by atoms with Crippen LogP contribution in [0.25, 0.3) is 17.1 Å². The first-order chi connectivity index (χ1) is 15.1. The average molecular weight is 435 g/mol. The third-order valence-corrected chi connectivity index (χ3v) is 4.66. The van der Waals surface area contributed by atoms with Crippen molar-refractivity contribution < 1.29 is 14.3 Å². The van der Waals surface area contributed by atoms with Crippen molar-refractivity contribution >= 4 is 23.3 Å². The van der Waals surface area contributed by atoms with Gasteiger partial charge >= 0.3 is 0 Å². The molecular weight excluding hydrogens is 416 g/mol. The molecule has 0 aliphatic heterocycles. The largest absolute Gasteiger partial charge is 0.497 e. The summed E-state index contributed by atoms with van der Waals surface area (Å²) in [7, 11) is 1.62. The second kappa shape index (κ2) is 9.32. The van der Waals surface area contributed by atoms with E-state index in [-0.39, 0.29) is 12.5 Å². The number of anilines is 1. The topological polar surface area (TPSA) is 78.3 Å². The first kappa shape index (κ1) is 20.4. The van der Waals surface area contributed by atoms with Gasteiger partial charge in [0.05, 0.1) is 12.8 Å². The molecule has 2 aromatic carbocycles. The highest BCUT2D eigenvalue weighted by Crippen LogP contribution is 2.26. The molecule has 0 bridgehead atoms. The van der Waals surface area contributed by atoms with Crippen molar-refractivity contribution in [1.82, 2.24) is 14.8 Å². The lowest BCUT2D eigenvalue weighted by molar-refractivity contribution is -0.118. The molecule has 0 saturated carbocycles. The molecule has 1 N–H and O–H groups in total. The molecule has 0 unspecified atom stereocenters. The van der Waals surface area contributed by atoms with Gasteiger partial charge in [0.15, 0.2) is 12.4 Å². The lowest BCUT2D eigenvalue weighted by Crippen LogP contribution is -2.22. The second-order valence-corrected chi connectivity index (χ2v) is 6.97. The van der Waals surface area contributed by atoms with Crippen molar-refractivity contribution in [3.63, 3.8) is 0 Å². The number of methoxy groups -OCH3 is 1. The monoisotopic (exact) mass is 434 g/mol. The number of benzene rings is 2. The van der Waals surface area contributed by atoms with Crippen LogP contribution in [0, 0.1) is 0 Å². The Bertz CT molecular complexity index is 1160. The van der Waals surface area contributed by atoms with Gasteiger partial charge in [-0.3, -0.25) is 4.79 Å². The fraction of sp³-hybridized carbons (Fsp3) is 0.0870. The minimum atomic E-state index is -0.326. The molecule has 8 heteroatoms. The zero-order valence-corrected chi connectivity index (χ0v) is 17.4. The van der Waals surface area contributed by atoms with E-state index in [0.29, 0.717) is 28.1 Å². The maximum atomic E-state index is 12.5. The van der Waals surface area contributed by atoms with Gasteiger partial charge in [-0.15, -0.1) is 0 Å². The van der Waals surface area contributed by atoms with E-state index in [4.69, 9.17) is 21.1 Å². The molecule has 4 aromatic rings. The molecule has 0 radical (unpaired) electrons. The Morgan fingerprint density at radius 3 is 2.45 bits per heavy atom. The van der Waals surface area contributed by atoms with Crippen molar-refractivity contribution in [2.75, 3.05) is 19.0 Å². The number of hydrogen-bond donors (Lipinski definition) is 1. The van der Waals surface area contributed by atoms with Gasteiger partial charge in [-0.1, -0.05) is 17.7 Å². The number of rotatable bonds is 7. The lowest BCUT2D eigenvalue weighted by atomic mass is 10.1. The first-order valence-electron chi connectivity index (χ1n) is 9.46. The van der Waals surface area contributed by atoms with Crippen LogP contribution >= 0.6 is 11.6 Å². The van der Waals surface area contributed by atoms with Crippen LogP contribution < -0.4 is 14.8 Å². The summed E-state index contributed by atoms with van der Waals surface area (Å²) in [4.78, 5) is 16.9. The Morgan fingerprint density at radius 1 is 1.03 bits per heavy atom. The number of ether oxygens (including phenoxy) is 2. The van der Waals surface area contributed by atoms with Crippen LogP contribution in [0.5, 0.6) is 11.5 Å². The van der Waals surface area contributed by atoms with Gasteiger partial charge in [0, 0.05) is 22.8 Å². The maximum absolute atomic E-state index is 12.5. The van der Waals surface area contributed by atoms with E-state index >= 15 is 0 Å². The summed E-state index contributed by atoms with van der Waals surface area (Å²) in [6, 6.07) is 21.6. The predicted octanol–water partition coefficient (Wildman–Crippen LogP) is 4.61. The van der Waals surface area contributed by atoms with Crippen molar-refractivity contribution in [1.29, 1.82) is 0 Å². The third-order valence-electron chi connectivity index (χ3n) is 4.41. The summed E-state index contributed by atoms with van der Waals surface area (Å²) in [5, 5.41) is 8.08. The third kappa shape index (κ3) is 5.02. The smallest absolute Gasteiger partial charge is 0.263 e. The van der Waals surface area contributed by atoms with Gasteiger partial charge in [0.1, 0.15) is 17.3 Å². The van der Waals surface area contributed by atoms with Crippen molar-refractivity contribution in [2.45, 2.75) is 0 Å². The van der Waals surface area contributed by atoms with Gasteiger partial charge < -0.3 is 14.8 Å². The second-order valence-electron chi connectivity index (χ2n) is 6.53. The Labute approximate surface area is 184 Å². The van der Waals surface area contributed by atoms with Gasteiger partial charge in [0.25, 0.3) is 5.91 Å². The van der Waals surface area contributed by atoms with Crippen molar-refractivity contribution in [3.05, 3.63) is 84.0 Å². The van der Waals surface area contributed by atoms with E-state index in [0.717, 1.165) is 11.3 Å². The quantitative estimate of drug-likeness (QED) is 0.459. The molecule has 1 amide bonds.